The van der Waals surface area contributed by atoms with Crippen molar-refractivity contribution < 1.29 is 30.0 Å². The van der Waals surface area contributed by atoms with E-state index in [0.717, 1.165) is 61.0 Å². The van der Waals surface area contributed by atoms with Gasteiger partial charge >= 0.3 is 0 Å². The zero-order valence-corrected chi connectivity index (χ0v) is 34.1. The predicted molar refractivity (Wildman–Crippen MR) is 203 cm³/mol. The summed E-state index contributed by atoms with van der Waals surface area (Å²) in [4.78, 5) is 22.0. The number of hydrogen-bond acceptors (Lipinski definition) is 4. The van der Waals surface area contributed by atoms with Crippen LogP contribution in [0.1, 0.15) is 130 Å². The molecule has 0 amide bonds. The minimum Gasteiger partial charge on any atom is -0.512 e. The Morgan fingerprint density at radius 2 is 1.49 bits per heavy atom. The maximum absolute atomic E-state index is 12.2. The molecule has 1 aromatic heterocycles. The van der Waals surface area contributed by atoms with Crippen LogP contribution < -0.4 is 0 Å². The van der Waals surface area contributed by atoms with Crippen LogP contribution in [0, 0.1) is 16.9 Å². The van der Waals surface area contributed by atoms with Gasteiger partial charge in [0.2, 0.25) is 0 Å². The predicted octanol–water partition coefficient (Wildman–Crippen LogP) is 11.9. The van der Waals surface area contributed by atoms with E-state index in [0.29, 0.717) is 5.92 Å². The Balaban J connectivity index is 0.000000312. The Morgan fingerprint density at radius 3 is 2.08 bits per heavy atom. The van der Waals surface area contributed by atoms with Crippen LogP contribution in [0.4, 0.5) is 0 Å². The van der Waals surface area contributed by atoms with Crippen molar-refractivity contribution in [3.63, 3.8) is 0 Å². The number of carbonyl (C=O) groups is 1. The Morgan fingerprint density at radius 1 is 0.878 bits per heavy atom. The zero-order valence-electron chi connectivity index (χ0n) is 31.7. The van der Waals surface area contributed by atoms with E-state index in [9.17, 15) is 9.90 Å². The van der Waals surface area contributed by atoms with Crippen LogP contribution >= 0.6 is 0 Å². The van der Waals surface area contributed by atoms with Gasteiger partial charge in [0.05, 0.1) is 11.5 Å². The maximum Gasteiger partial charge on any atom is 0.164 e. The first-order valence-corrected chi connectivity index (χ1v) is 18.0. The molecule has 0 spiro atoms. The van der Waals surface area contributed by atoms with Crippen LogP contribution in [0.15, 0.2) is 66.6 Å². The number of nitrogens with zero attached hydrogens (tertiary/aromatic N) is 2. The molecule has 4 aromatic rings. The summed E-state index contributed by atoms with van der Waals surface area (Å²) in [6, 6.07) is 21.2. The van der Waals surface area contributed by atoms with Gasteiger partial charge < -0.3 is 5.11 Å². The van der Waals surface area contributed by atoms with Crippen molar-refractivity contribution in [2.24, 2.45) is 10.8 Å². The zero-order chi connectivity index (χ0) is 35.4. The van der Waals surface area contributed by atoms with Gasteiger partial charge in [-0.25, -0.2) is 0 Å². The molecule has 4 nitrogen and oxygen atoms in total. The van der Waals surface area contributed by atoms with E-state index in [1.165, 1.54) is 39.3 Å². The Hall–Kier alpha value is -3.14. The SMILES string of the molecule is CC(C)c1ccc2c(c1)CCc1cnc(-c3[c-]c4ccccc4c(C(C)(C)C)c3)nc1-2.CCC(C)(CC)C(=O)/C=C(\O)C(C)(CC)CC.[Ir]. The van der Waals surface area contributed by atoms with Crippen LogP contribution in [0.25, 0.3) is 33.4 Å². The van der Waals surface area contributed by atoms with E-state index in [-0.39, 0.29) is 47.9 Å². The number of aliphatic hydroxyl groups excluding tert-OH is 1. The molecule has 1 radical (unpaired) electrons. The van der Waals surface area contributed by atoms with Crippen molar-refractivity contribution in [1.29, 1.82) is 0 Å². The largest absolute Gasteiger partial charge is 0.512 e. The third-order valence-corrected chi connectivity index (χ3v) is 11.0. The van der Waals surface area contributed by atoms with Gasteiger partial charge in [-0.2, -0.15) is 0 Å². The monoisotopic (exact) mass is 838 g/mol. The average Bonchev–Trinajstić information content (AvgIpc) is 3.09. The second kappa shape index (κ2) is 16.3. The molecule has 49 heavy (non-hydrogen) atoms. The molecule has 0 fully saturated rings. The summed E-state index contributed by atoms with van der Waals surface area (Å²) >= 11 is 0. The van der Waals surface area contributed by atoms with Crippen LogP contribution in [0.5, 0.6) is 0 Å². The van der Waals surface area contributed by atoms with Crippen LogP contribution in [0.3, 0.4) is 0 Å². The van der Waals surface area contributed by atoms with Crippen molar-refractivity contribution in [2.45, 2.75) is 126 Å². The molecule has 0 unspecified atom stereocenters. The van der Waals surface area contributed by atoms with Crippen molar-refractivity contribution in [3.8, 4) is 22.6 Å². The minimum atomic E-state index is -0.337. The standard InChI is InChI=1S/C29H29N2.C15H28O2.Ir/c1-18(2)19-12-13-25-21(14-19)10-11-22-17-30-28(31-27(22)25)23-15-20-8-6-7-9-24(20)26(16-23)29(3,4)5;1-7-14(5,8-2)12(16)11-13(17)15(6,9-3)10-4;/h6-9,12-14,16-18H,10-11H2,1-5H3;11,16H,7-10H2,1-6H3;/q-1;;/b;12-11-;. The summed E-state index contributed by atoms with van der Waals surface area (Å²) < 4.78 is 0. The number of ketones is 1. The van der Waals surface area contributed by atoms with Gasteiger partial charge in [-0.1, -0.05) is 124 Å². The van der Waals surface area contributed by atoms with Crippen LogP contribution in [-0.4, -0.2) is 20.9 Å². The summed E-state index contributed by atoms with van der Waals surface area (Å²) in [7, 11) is 0. The third-order valence-electron chi connectivity index (χ3n) is 11.0. The van der Waals surface area contributed by atoms with Gasteiger partial charge in [-0.15, -0.1) is 29.1 Å². The summed E-state index contributed by atoms with van der Waals surface area (Å²) in [5, 5.41) is 12.5. The average molecular weight is 838 g/mol. The summed E-state index contributed by atoms with van der Waals surface area (Å²) in [5.74, 6) is 1.58. The molecule has 0 aliphatic heterocycles. The smallest absolute Gasteiger partial charge is 0.164 e. The van der Waals surface area contributed by atoms with E-state index in [2.05, 4.69) is 89.2 Å². The van der Waals surface area contributed by atoms with Crippen molar-refractivity contribution in [3.05, 3.63) is 94.9 Å². The van der Waals surface area contributed by atoms with Gasteiger partial charge in [-0.3, -0.25) is 14.8 Å². The normalized spacial score (nSPS) is 13.3. The molecule has 5 rings (SSSR count). The Labute approximate surface area is 309 Å². The number of aliphatic hydroxyl groups is 1. The number of aromatic nitrogens is 2. The fourth-order valence-electron chi connectivity index (χ4n) is 6.29. The fourth-order valence-corrected chi connectivity index (χ4v) is 6.29. The number of carbonyl (C=O) groups excluding carboxylic acids is 1. The van der Waals surface area contributed by atoms with Gasteiger partial charge in [0.15, 0.2) is 5.78 Å². The number of fused-ring (bicyclic) bond motifs is 4. The van der Waals surface area contributed by atoms with Crippen molar-refractivity contribution in [2.75, 3.05) is 0 Å². The van der Waals surface area contributed by atoms with Gasteiger partial charge in [0, 0.05) is 48.8 Å². The van der Waals surface area contributed by atoms with Crippen molar-refractivity contribution in [1.82, 2.24) is 9.97 Å². The van der Waals surface area contributed by atoms with Gasteiger partial charge in [0.25, 0.3) is 0 Å². The molecule has 1 aliphatic rings. The summed E-state index contributed by atoms with van der Waals surface area (Å²) in [6.45, 7) is 23.4. The van der Waals surface area contributed by atoms with E-state index in [1.54, 1.807) is 0 Å². The van der Waals surface area contributed by atoms with Crippen molar-refractivity contribution >= 4 is 16.6 Å². The summed E-state index contributed by atoms with van der Waals surface area (Å²) in [6.07, 6.45) is 8.84. The first-order chi connectivity index (χ1) is 22.6. The number of benzene rings is 3. The molecule has 0 saturated carbocycles. The second-order valence-electron chi connectivity index (χ2n) is 15.5. The molecule has 0 bridgehead atoms. The first-order valence-electron chi connectivity index (χ1n) is 18.0. The van der Waals surface area contributed by atoms with E-state index < -0.39 is 0 Å². The molecule has 3 aromatic carbocycles. The minimum absolute atomic E-state index is 0. The molecular weight excluding hydrogens is 781 g/mol. The van der Waals surface area contributed by atoms with E-state index in [1.807, 2.05) is 47.7 Å². The molecule has 5 heteroatoms. The van der Waals surface area contributed by atoms with Crippen LogP contribution in [-0.2, 0) is 43.2 Å². The number of allylic oxidation sites excluding steroid dienone is 2. The molecule has 1 aliphatic carbocycles. The maximum atomic E-state index is 12.2. The first kappa shape index (κ1) is 40.3. The number of aryl methyl sites for hydroxylation is 2. The summed E-state index contributed by atoms with van der Waals surface area (Å²) in [5.41, 5.74) is 8.08. The molecule has 0 atom stereocenters. The Kier molecular flexibility index (Phi) is 13.4. The molecular formula is C44H57IrN2O2-. The fraction of sp³-hybridized carbons (Fsp3) is 0.477. The second-order valence-corrected chi connectivity index (χ2v) is 15.5. The molecule has 1 N–H and O–H groups in total. The quantitative estimate of drug-likeness (QED) is 0.104. The molecule has 0 saturated heterocycles. The Bertz CT molecular complexity index is 1790. The molecule has 1 heterocycles. The van der Waals surface area contributed by atoms with Gasteiger partial charge in [0.1, 0.15) is 5.76 Å². The number of hydrogen-bond donors (Lipinski definition) is 1. The molecule has 265 valence electrons. The van der Waals surface area contributed by atoms with E-state index in [4.69, 9.17) is 9.97 Å². The number of rotatable bonds is 9. The van der Waals surface area contributed by atoms with Crippen LogP contribution in [0.2, 0.25) is 0 Å². The third kappa shape index (κ3) is 8.78. The van der Waals surface area contributed by atoms with Gasteiger partial charge in [-0.05, 0) is 66.5 Å². The topological polar surface area (TPSA) is 63.1 Å². The van der Waals surface area contributed by atoms with E-state index >= 15 is 0 Å².